The average Bonchev–Trinajstić information content (AvgIpc) is 3.82. The van der Waals surface area contributed by atoms with Crippen molar-refractivity contribution in [1.82, 2.24) is 0 Å². The number of anilines is 6. The number of furan rings is 1. The molecule has 3 nitrogen and oxygen atoms in total. The highest BCUT2D eigenvalue weighted by molar-refractivity contribution is 7.25. The fourth-order valence-corrected chi connectivity index (χ4v) is 9.27. The summed E-state index contributed by atoms with van der Waals surface area (Å²) in [4.78, 5) is 4.69. The molecule has 0 radical (unpaired) electrons. The lowest BCUT2D eigenvalue weighted by atomic mass is 9.96. The summed E-state index contributed by atoms with van der Waals surface area (Å²) in [6, 6.07) is 69.6. The molecule has 11 aromatic rings. The molecular formula is C50H32N2OS. The fraction of sp³-hybridized carbons (Fsp3) is 0. The van der Waals surface area contributed by atoms with Crippen LogP contribution in [0, 0.1) is 0 Å². The third-order valence-electron chi connectivity index (χ3n) is 10.6. The van der Waals surface area contributed by atoms with E-state index in [0.29, 0.717) is 0 Å². The van der Waals surface area contributed by atoms with E-state index < -0.39 is 0 Å². The molecule has 11 rings (SSSR count). The molecule has 0 N–H and O–H groups in total. The number of rotatable bonds is 6. The van der Waals surface area contributed by atoms with Crippen LogP contribution in [0.25, 0.3) is 63.7 Å². The number of thiophene rings is 1. The molecule has 254 valence electrons. The Bertz CT molecular complexity index is 3160. The van der Waals surface area contributed by atoms with Gasteiger partial charge in [0.15, 0.2) is 0 Å². The Labute approximate surface area is 316 Å². The summed E-state index contributed by atoms with van der Waals surface area (Å²) < 4.78 is 9.18. The third kappa shape index (κ3) is 4.88. The van der Waals surface area contributed by atoms with E-state index in [4.69, 9.17) is 4.42 Å². The lowest BCUT2D eigenvalue weighted by Gasteiger charge is -2.28. The van der Waals surface area contributed by atoms with Crippen LogP contribution in [-0.2, 0) is 0 Å². The van der Waals surface area contributed by atoms with Crippen LogP contribution in [0.3, 0.4) is 0 Å². The molecule has 0 amide bonds. The Kier molecular flexibility index (Phi) is 7.04. The number of para-hydroxylation sites is 3. The second-order valence-corrected chi connectivity index (χ2v) is 14.8. The second-order valence-electron chi connectivity index (χ2n) is 13.7. The first-order valence-electron chi connectivity index (χ1n) is 18.3. The normalized spacial score (nSPS) is 11.7. The Morgan fingerprint density at radius 2 is 0.796 bits per heavy atom. The Hall–Kier alpha value is -6.88. The standard InChI is InChI=1S/C50H32N2OS/c1-3-13-33(14-4-1)51(37-27-29-42-44(31-37)39-17-7-8-19-41(39)49-43-20-9-11-21-46(43)53-50(42)49)35-23-25-36(26-24-35)52(34-15-5-2-6-16-34)38-28-30-48-45(32-38)40-18-10-12-22-47(40)54-48/h1-32H. The molecular weight excluding hydrogens is 677 g/mol. The zero-order chi connectivity index (χ0) is 35.6. The van der Waals surface area contributed by atoms with E-state index in [1.165, 1.54) is 41.7 Å². The molecule has 0 saturated carbocycles. The quantitative estimate of drug-likeness (QED) is 0.160. The van der Waals surface area contributed by atoms with Crippen molar-refractivity contribution in [1.29, 1.82) is 0 Å². The van der Waals surface area contributed by atoms with Crippen molar-refractivity contribution in [3.05, 3.63) is 194 Å². The van der Waals surface area contributed by atoms with Gasteiger partial charge in [0.25, 0.3) is 0 Å². The van der Waals surface area contributed by atoms with E-state index in [1.54, 1.807) is 0 Å². The maximum Gasteiger partial charge on any atom is 0.143 e. The highest BCUT2D eigenvalue weighted by atomic mass is 32.1. The summed E-state index contributed by atoms with van der Waals surface area (Å²) in [5, 5.41) is 9.59. The van der Waals surface area contributed by atoms with Crippen LogP contribution in [0.4, 0.5) is 34.1 Å². The molecule has 0 atom stereocenters. The van der Waals surface area contributed by atoms with Crippen LogP contribution in [0.2, 0.25) is 0 Å². The highest BCUT2D eigenvalue weighted by Gasteiger charge is 2.20. The lowest BCUT2D eigenvalue weighted by Crippen LogP contribution is -2.12. The number of benzene rings is 9. The SMILES string of the molecule is c1ccc(N(c2ccc(N(c3ccccc3)c3ccc4c(c3)c3ccccc3c3c5ccccc5oc43)cc2)c2ccc3sc4ccccc4c3c2)cc1. The van der Waals surface area contributed by atoms with Crippen molar-refractivity contribution in [3.8, 4) is 0 Å². The monoisotopic (exact) mass is 708 g/mol. The topological polar surface area (TPSA) is 19.6 Å². The van der Waals surface area contributed by atoms with E-state index >= 15 is 0 Å². The van der Waals surface area contributed by atoms with Gasteiger partial charge in [-0.25, -0.2) is 0 Å². The van der Waals surface area contributed by atoms with Gasteiger partial charge in [0.05, 0.1) is 0 Å². The van der Waals surface area contributed by atoms with E-state index in [0.717, 1.165) is 56.1 Å². The smallest absolute Gasteiger partial charge is 0.143 e. The van der Waals surface area contributed by atoms with Crippen molar-refractivity contribution >= 4 is 109 Å². The van der Waals surface area contributed by atoms with Crippen LogP contribution in [0.1, 0.15) is 0 Å². The summed E-state index contributed by atoms with van der Waals surface area (Å²) in [6.45, 7) is 0. The number of fused-ring (bicyclic) bond motifs is 11. The fourth-order valence-electron chi connectivity index (χ4n) is 8.18. The van der Waals surface area contributed by atoms with Crippen molar-refractivity contribution in [3.63, 3.8) is 0 Å². The molecule has 9 aromatic carbocycles. The maximum atomic E-state index is 6.57. The van der Waals surface area contributed by atoms with Gasteiger partial charge in [-0.3, -0.25) is 0 Å². The molecule has 0 aliphatic carbocycles. The Morgan fingerprint density at radius 1 is 0.315 bits per heavy atom. The first-order valence-corrected chi connectivity index (χ1v) is 19.1. The number of nitrogens with zero attached hydrogens (tertiary/aromatic N) is 2. The molecule has 2 aromatic heterocycles. The zero-order valence-corrected chi connectivity index (χ0v) is 30.0. The van der Waals surface area contributed by atoms with Gasteiger partial charge in [0.1, 0.15) is 11.2 Å². The van der Waals surface area contributed by atoms with Crippen LogP contribution in [0.5, 0.6) is 0 Å². The van der Waals surface area contributed by atoms with E-state index in [9.17, 15) is 0 Å². The summed E-state index contributed by atoms with van der Waals surface area (Å²) in [6.07, 6.45) is 0. The molecule has 0 saturated heterocycles. The van der Waals surface area contributed by atoms with Gasteiger partial charge < -0.3 is 14.2 Å². The molecule has 0 bridgehead atoms. The van der Waals surface area contributed by atoms with Crippen molar-refractivity contribution in [2.24, 2.45) is 0 Å². The molecule has 2 heterocycles. The molecule has 0 aliphatic heterocycles. The molecule has 0 fully saturated rings. The minimum Gasteiger partial charge on any atom is -0.455 e. The number of hydrogen-bond acceptors (Lipinski definition) is 4. The molecule has 0 spiro atoms. The van der Waals surface area contributed by atoms with Gasteiger partial charge >= 0.3 is 0 Å². The zero-order valence-electron chi connectivity index (χ0n) is 29.2. The first-order chi connectivity index (χ1) is 26.8. The van der Waals surface area contributed by atoms with E-state index in [-0.39, 0.29) is 0 Å². The summed E-state index contributed by atoms with van der Waals surface area (Å²) in [7, 11) is 0. The minimum atomic E-state index is 0.911. The summed E-state index contributed by atoms with van der Waals surface area (Å²) >= 11 is 1.85. The van der Waals surface area contributed by atoms with Gasteiger partial charge in [-0.15, -0.1) is 11.3 Å². The molecule has 54 heavy (non-hydrogen) atoms. The first kappa shape index (κ1) is 30.7. The number of hydrogen-bond donors (Lipinski definition) is 0. The van der Waals surface area contributed by atoms with Gasteiger partial charge in [-0.1, -0.05) is 97.1 Å². The summed E-state index contributed by atoms with van der Waals surface area (Å²) in [5.41, 5.74) is 8.42. The van der Waals surface area contributed by atoms with Crippen LogP contribution >= 0.6 is 11.3 Å². The third-order valence-corrected chi connectivity index (χ3v) is 11.8. The highest BCUT2D eigenvalue weighted by Crippen LogP contribution is 2.45. The van der Waals surface area contributed by atoms with Crippen molar-refractivity contribution < 1.29 is 4.42 Å². The maximum absolute atomic E-state index is 6.57. The van der Waals surface area contributed by atoms with Gasteiger partial charge in [-0.05, 0) is 113 Å². The second kappa shape index (κ2) is 12.4. The minimum absolute atomic E-state index is 0.911. The lowest BCUT2D eigenvalue weighted by molar-refractivity contribution is 0.673. The van der Waals surface area contributed by atoms with Crippen LogP contribution in [-0.4, -0.2) is 0 Å². The van der Waals surface area contributed by atoms with Crippen LogP contribution in [0.15, 0.2) is 199 Å². The largest absolute Gasteiger partial charge is 0.455 e. The van der Waals surface area contributed by atoms with Gasteiger partial charge in [0, 0.05) is 70.5 Å². The molecule has 0 aliphatic rings. The predicted octanol–water partition coefficient (Wildman–Crippen LogP) is 15.2. The van der Waals surface area contributed by atoms with E-state index in [2.05, 4.69) is 198 Å². The van der Waals surface area contributed by atoms with Crippen molar-refractivity contribution in [2.75, 3.05) is 9.80 Å². The predicted molar refractivity (Wildman–Crippen MR) is 231 cm³/mol. The molecule has 4 heteroatoms. The summed E-state index contributed by atoms with van der Waals surface area (Å²) in [5.74, 6) is 0. The van der Waals surface area contributed by atoms with E-state index in [1.807, 2.05) is 17.4 Å². The van der Waals surface area contributed by atoms with Gasteiger partial charge in [-0.2, -0.15) is 0 Å². The van der Waals surface area contributed by atoms with Crippen LogP contribution < -0.4 is 9.80 Å². The Balaban J connectivity index is 1.06. The average molecular weight is 709 g/mol. The Morgan fingerprint density at radius 3 is 1.48 bits per heavy atom. The van der Waals surface area contributed by atoms with Gasteiger partial charge in [0.2, 0.25) is 0 Å². The molecule has 0 unspecified atom stereocenters. The van der Waals surface area contributed by atoms with Crippen molar-refractivity contribution in [2.45, 2.75) is 0 Å².